The van der Waals surface area contributed by atoms with E-state index in [0.29, 0.717) is 17.2 Å². The minimum Gasteiger partial charge on any atom is -0.322 e. The summed E-state index contributed by atoms with van der Waals surface area (Å²) in [5, 5.41) is 2.93. The minimum atomic E-state index is -0.175. The van der Waals surface area contributed by atoms with Crippen LogP contribution in [-0.2, 0) is 0 Å². The quantitative estimate of drug-likeness (QED) is 0.916. The molecule has 2 rings (SSSR count). The highest BCUT2D eigenvalue weighted by Crippen LogP contribution is 2.24. The molecule has 1 aromatic carbocycles. The third-order valence-electron chi connectivity index (χ3n) is 2.99. The van der Waals surface area contributed by atoms with Gasteiger partial charge in [-0.2, -0.15) is 0 Å². The first-order valence-corrected chi connectivity index (χ1v) is 6.26. The number of nitrogens with zero attached hydrogens (tertiary/aromatic N) is 2. The SMILES string of the molecule is Cc1ncncc1C(=O)Nc1ccccc1C(C)C. The maximum atomic E-state index is 12.2. The number of carbonyl (C=O) groups is 1. The Balaban J connectivity index is 2.27. The van der Waals surface area contributed by atoms with Crippen LogP contribution in [0, 0.1) is 6.92 Å². The van der Waals surface area contributed by atoms with Crippen molar-refractivity contribution in [2.24, 2.45) is 0 Å². The average Bonchev–Trinajstić information content (AvgIpc) is 2.39. The monoisotopic (exact) mass is 255 g/mol. The van der Waals surface area contributed by atoms with Gasteiger partial charge < -0.3 is 5.32 Å². The maximum Gasteiger partial charge on any atom is 0.259 e. The number of amides is 1. The molecule has 0 bridgehead atoms. The highest BCUT2D eigenvalue weighted by molar-refractivity contribution is 6.05. The van der Waals surface area contributed by atoms with Crippen molar-refractivity contribution in [3.8, 4) is 0 Å². The second kappa shape index (κ2) is 5.61. The predicted molar refractivity (Wildman–Crippen MR) is 75.3 cm³/mol. The summed E-state index contributed by atoms with van der Waals surface area (Å²) in [6.45, 7) is 5.99. The molecule has 1 heterocycles. The Bertz CT molecular complexity index is 593. The van der Waals surface area contributed by atoms with Gasteiger partial charge in [0, 0.05) is 11.9 Å². The van der Waals surface area contributed by atoms with Crippen molar-refractivity contribution in [1.82, 2.24) is 9.97 Å². The maximum absolute atomic E-state index is 12.2. The van der Waals surface area contributed by atoms with Crippen LogP contribution in [0.25, 0.3) is 0 Å². The fourth-order valence-corrected chi connectivity index (χ4v) is 1.92. The van der Waals surface area contributed by atoms with Gasteiger partial charge in [0.15, 0.2) is 0 Å². The number of carbonyl (C=O) groups excluding carboxylic acids is 1. The van der Waals surface area contributed by atoms with Crippen LogP contribution in [0.15, 0.2) is 36.8 Å². The van der Waals surface area contributed by atoms with Gasteiger partial charge in [0.2, 0.25) is 0 Å². The lowest BCUT2D eigenvalue weighted by molar-refractivity contribution is 0.102. The predicted octanol–water partition coefficient (Wildman–Crippen LogP) is 3.16. The zero-order valence-corrected chi connectivity index (χ0v) is 11.3. The molecule has 0 saturated heterocycles. The number of anilines is 1. The Morgan fingerprint density at radius 3 is 2.68 bits per heavy atom. The zero-order chi connectivity index (χ0) is 13.8. The highest BCUT2D eigenvalue weighted by Gasteiger charge is 2.13. The van der Waals surface area contributed by atoms with Crippen LogP contribution in [-0.4, -0.2) is 15.9 Å². The topological polar surface area (TPSA) is 54.9 Å². The van der Waals surface area contributed by atoms with E-state index in [2.05, 4.69) is 29.1 Å². The van der Waals surface area contributed by atoms with Crippen LogP contribution < -0.4 is 5.32 Å². The summed E-state index contributed by atoms with van der Waals surface area (Å²) in [4.78, 5) is 20.1. The average molecular weight is 255 g/mol. The van der Waals surface area contributed by atoms with E-state index < -0.39 is 0 Å². The van der Waals surface area contributed by atoms with Crippen molar-refractivity contribution < 1.29 is 4.79 Å². The summed E-state index contributed by atoms with van der Waals surface area (Å²) in [5.41, 5.74) is 3.13. The molecular formula is C15H17N3O. The number of benzene rings is 1. The number of para-hydroxylation sites is 1. The first-order valence-electron chi connectivity index (χ1n) is 6.26. The summed E-state index contributed by atoms with van der Waals surface area (Å²) < 4.78 is 0. The number of aryl methyl sites for hydroxylation is 1. The van der Waals surface area contributed by atoms with Gasteiger partial charge in [0.05, 0.1) is 11.3 Å². The van der Waals surface area contributed by atoms with E-state index in [1.807, 2.05) is 24.3 Å². The molecule has 0 aliphatic heterocycles. The van der Waals surface area contributed by atoms with E-state index in [4.69, 9.17) is 0 Å². The van der Waals surface area contributed by atoms with Crippen molar-refractivity contribution in [2.45, 2.75) is 26.7 Å². The summed E-state index contributed by atoms with van der Waals surface area (Å²) in [5.74, 6) is 0.177. The van der Waals surface area contributed by atoms with Crippen LogP contribution in [0.2, 0.25) is 0 Å². The van der Waals surface area contributed by atoms with Gasteiger partial charge in [-0.05, 0) is 24.5 Å². The lowest BCUT2D eigenvalue weighted by atomic mass is 10.0. The van der Waals surface area contributed by atoms with Crippen LogP contribution in [0.4, 0.5) is 5.69 Å². The third kappa shape index (κ3) is 2.96. The van der Waals surface area contributed by atoms with E-state index in [9.17, 15) is 4.79 Å². The van der Waals surface area contributed by atoms with Gasteiger partial charge in [0.25, 0.3) is 5.91 Å². The molecular weight excluding hydrogens is 238 g/mol. The minimum absolute atomic E-state index is 0.175. The van der Waals surface area contributed by atoms with Gasteiger partial charge >= 0.3 is 0 Å². The molecule has 4 heteroatoms. The van der Waals surface area contributed by atoms with E-state index >= 15 is 0 Å². The highest BCUT2D eigenvalue weighted by atomic mass is 16.1. The Hall–Kier alpha value is -2.23. The van der Waals surface area contributed by atoms with Gasteiger partial charge in [-0.3, -0.25) is 4.79 Å². The molecule has 0 spiro atoms. The van der Waals surface area contributed by atoms with E-state index in [1.165, 1.54) is 12.5 Å². The molecule has 0 saturated carbocycles. The molecule has 4 nitrogen and oxygen atoms in total. The summed E-state index contributed by atoms with van der Waals surface area (Å²) in [6, 6.07) is 7.82. The summed E-state index contributed by atoms with van der Waals surface area (Å²) in [6.07, 6.45) is 2.98. The zero-order valence-electron chi connectivity index (χ0n) is 11.3. The molecule has 98 valence electrons. The molecule has 1 amide bonds. The Labute approximate surface area is 112 Å². The molecule has 0 radical (unpaired) electrons. The molecule has 19 heavy (non-hydrogen) atoms. The van der Waals surface area contributed by atoms with Crippen molar-refractivity contribution in [2.75, 3.05) is 5.32 Å². The Morgan fingerprint density at radius 1 is 1.26 bits per heavy atom. The second-order valence-corrected chi connectivity index (χ2v) is 4.72. The first-order chi connectivity index (χ1) is 9.09. The standard InChI is InChI=1S/C15H17N3O/c1-10(2)12-6-4-5-7-14(12)18-15(19)13-8-16-9-17-11(13)3/h4-10H,1-3H3,(H,18,19). The Morgan fingerprint density at radius 2 is 2.00 bits per heavy atom. The molecule has 0 unspecified atom stereocenters. The number of hydrogen-bond acceptors (Lipinski definition) is 3. The molecule has 1 aromatic heterocycles. The number of aromatic nitrogens is 2. The van der Waals surface area contributed by atoms with Gasteiger partial charge in [-0.25, -0.2) is 9.97 Å². The van der Waals surface area contributed by atoms with E-state index in [0.717, 1.165) is 11.3 Å². The molecule has 1 N–H and O–H groups in total. The fourth-order valence-electron chi connectivity index (χ4n) is 1.92. The fraction of sp³-hybridized carbons (Fsp3) is 0.267. The number of nitrogens with one attached hydrogen (secondary N) is 1. The van der Waals surface area contributed by atoms with Gasteiger partial charge in [0.1, 0.15) is 6.33 Å². The van der Waals surface area contributed by atoms with Crippen molar-refractivity contribution in [1.29, 1.82) is 0 Å². The van der Waals surface area contributed by atoms with E-state index in [-0.39, 0.29) is 5.91 Å². The molecule has 0 aliphatic rings. The van der Waals surface area contributed by atoms with E-state index in [1.54, 1.807) is 6.92 Å². The third-order valence-corrected chi connectivity index (χ3v) is 2.99. The molecule has 0 aliphatic carbocycles. The van der Waals surface area contributed by atoms with Gasteiger partial charge in [-0.15, -0.1) is 0 Å². The smallest absolute Gasteiger partial charge is 0.259 e. The van der Waals surface area contributed by atoms with Crippen molar-refractivity contribution >= 4 is 11.6 Å². The number of hydrogen-bond donors (Lipinski definition) is 1. The summed E-state index contributed by atoms with van der Waals surface area (Å²) in [7, 11) is 0. The van der Waals surface area contributed by atoms with Crippen LogP contribution in [0.3, 0.4) is 0 Å². The second-order valence-electron chi connectivity index (χ2n) is 4.72. The van der Waals surface area contributed by atoms with Gasteiger partial charge in [-0.1, -0.05) is 32.0 Å². The molecule has 0 atom stereocenters. The van der Waals surface area contributed by atoms with Crippen LogP contribution in [0.1, 0.15) is 41.4 Å². The molecule has 2 aromatic rings. The molecule has 0 fully saturated rings. The largest absolute Gasteiger partial charge is 0.322 e. The Kier molecular flexibility index (Phi) is 3.90. The lowest BCUT2D eigenvalue weighted by Crippen LogP contribution is -2.15. The lowest BCUT2D eigenvalue weighted by Gasteiger charge is -2.13. The van der Waals surface area contributed by atoms with Crippen molar-refractivity contribution in [3.05, 3.63) is 53.6 Å². The normalized spacial score (nSPS) is 10.5. The summed E-state index contributed by atoms with van der Waals surface area (Å²) >= 11 is 0. The van der Waals surface area contributed by atoms with Crippen LogP contribution in [0.5, 0.6) is 0 Å². The number of rotatable bonds is 3. The van der Waals surface area contributed by atoms with Crippen molar-refractivity contribution in [3.63, 3.8) is 0 Å². The first kappa shape index (κ1) is 13.2. The van der Waals surface area contributed by atoms with Crippen LogP contribution >= 0.6 is 0 Å².